The standard InChI is InChI=1S/C23H31ClN6S.C22H27ClN6S.C21H27ClN6S.C20H25ClN6S/c1-15(2)26-9-6-10-30-21-19(20(25)27-14-28-21)29-22(30)31-18-12-16(11-17(24)13-18)7-8-23(3,4)5;1-14(2)25-8-3-9-29-21-19(20(24)26-13-27-21)28-22(29)30-18-11-16(10-17(23)12-18)7-6-15-4-5-15;1-5-14(4)15-9-16(22)11-17(10-15)29-21-27-18-19(23)25-12-26-20(18)28(21)8-6-7-24-13(2)3;1-4-6-14-9-15(21)11-16(10-14)28-20-26-17-18(22)24-12-25-19(17)27(20)8-5-7-23-13(2)3/h7-8,11-15,26H,6,9-10H2,1-5H3,(H2,25,27,28);6-7,10-15,25H,3-5,8-9H2,1-2H3,(H2,24,26,27);5,9-13,24H,6-8H2,1-4H3,(H2,23,25,26);4,6,9-13,23H,5,7-8H2,1-3H3,(H2,22,24,25)/b8-7+;7-6+;14-5+;6-4-. The summed E-state index contributed by atoms with van der Waals surface area (Å²) in [6.07, 6.45) is 27.2. The van der Waals surface area contributed by atoms with Gasteiger partial charge in [-0.1, -0.05) is 212 Å². The van der Waals surface area contributed by atoms with Crippen LogP contribution in [0, 0.1) is 11.3 Å². The molecule has 8 aromatic heterocycles. The van der Waals surface area contributed by atoms with Crippen LogP contribution >= 0.6 is 93.5 Å². The molecule has 0 radical (unpaired) electrons. The third-order valence-electron chi connectivity index (χ3n) is 18.1. The molecule has 0 atom stereocenters. The van der Waals surface area contributed by atoms with Crippen molar-refractivity contribution in [2.45, 2.75) is 226 Å². The smallest absolute Gasteiger partial charge is 0.175 e. The molecule has 1 aliphatic carbocycles. The minimum absolute atomic E-state index is 0.101. The predicted octanol–water partition coefficient (Wildman–Crippen LogP) is 20.3. The zero-order valence-electron chi connectivity index (χ0n) is 69.7. The molecule has 626 valence electrons. The summed E-state index contributed by atoms with van der Waals surface area (Å²) in [4.78, 5) is 57.2. The van der Waals surface area contributed by atoms with Crippen molar-refractivity contribution in [3.63, 3.8) is 0 Å². The van der Waals surface area contributed by atoms with Gasteiger partial charge in [0, 0.05) is 90.0 Å². The molecule has 32 heteroatoms. The van der Waals surface area contributed by atoms with Crippen molar-refractivity contribution in [2.75, 3.05) is 49.1 Å². The van der Waals surface area contributed by atoms with Gasteiger partial charge < -0.3 is 62.5 Å². The Bertz CT molecular complexity index is 5470. The van der Waals surface area contributed by atoms with E-state index in [1.54, 1.807) is 47.0 Å². The van der Waals surface area contributed by atoms with Crippen LogP contribution in [0.15, 0.2) is 163 Å². The number of rotatable bonds is 33. The highest BCUT2D eigenvalue weighted by atomic mass is 35.5. The monoisotopic (exact) mass is 1750 g/mol. The number of anilines is 4. The first-order valence-corrected chi connectivity index (χ1v) is 44.6. The lowest BCUT2D eigenvalue weighted by Gasteiger charge is -2.12. The van der Waals surface area contributed by atoms with E-state index in [1.807, 2.05) is 74.5 Å². The molecule has 0 bridgehead atoms. The fourth-order valence-corrected chi connectivity index (χ4v) is 17.4. The van der Waals surface area contributed by atoms with Gasteiger partial charge in [-0.3, -0.25) is 0 Å². The van der Waals surface area contributed by atoms with E-state index in [2.05, 4.69) is 217 Å². The van der Waals surface area contributed by atoms with Gasteiger partial charge >= 0.3 is 0 Å². The minimum Gasteiger partial charge on any atom is -0.382 e. The van der Waals surface area contributed by atoms with Gasteiger partial charge in [0.05, 0.1) is 0 Å². The van der Waals surface area contributed by atoms with Gasteiger partial charge in [-0.2, -0.15) is 0 Å². The highest BCUT2D eigenvalue weighted by Gasteiger charge is 2.23. The highest BCUT2D eigenvalue weighted by Crippen LogP contribution is 2.40. The second-order valence-corrected chi connectivity index (χ2v) is 36.8. The Kier molecular flexibility index (Phi) is 34.5. The summed E-state index contributed by atoms with van der Waals surface area (Å²) in [6, 6.07) is 26.0. The Hall–Kier alpha value is -8.36. The third-order valence-corrected chi connectivity index (χ3v) is 22.9. The van der Waals surface area contributed by atoms with Crippen LogP contribution < -0.4 is 44.2 Å². The molecule has 1 aliphatic rings. The summed E-state index contributed by atoms with van der Waals surface area (Å²) >= 11 is 31.8. The van der Waals surface area contributed by atoms with Crippen molar-refractivity contribution in [1.82, 2.24) is 99.3 Å². The van der Waals surface area contributed by atoms with Crippen LogP contribution in [0.2, 0.25) is 20.1 Å². The normalized spacial score (nSPS) is 12.8. The summed E-state index contributed by atoms with van der Waals surface area (Å²) < 4.78 is 8.46. The molecule has 0 aliphatic heterocycles. The maximum absolute atomic E-state index is 6.42. The number of nitrogens with one attached hydrogen (secondary N) is 4. The van der Waals surface area contributed by atoms with Gasteiger partial charge in [0.25, 0.3) is 0 Å². The molecule has 13 rings (SSSR count). The maximum atomic E-state index is 6.42. The number of nitrogens with two attached hydrogens (primary N) is 4. The van der Waals surface area contributed by atoms with Gasteiger partial charge in [-0.05, 0) is 197 Å². The molecule has 0 saturated heterocycles. The molecule has 0 amide bonds. The lowest BCUT2D eigenvalue weighted by atomic mass is 9.95. The van der Waals surface area contributed by atoms with E-state index < -0.39 is 0 Å². The zero-order chi connectivity index (χ0) is 84.7. The number of fused-ring (bicyclic) bond motifs is 4. The molecule has 0 unspecified atom stereocenters. The molecule has 12 aromatic rings. The van der Waals surface area contributed by atoms with E-state index in [-0.39, 0.29) is 5.41 Å². The molecule has 0 spiro atoms. The Balaban J connectivity index is 0.000000166. The average Bonchev–Trinajstić information content (AvgIpc) is 1.66. The second-order valence-electron chi connectivity index (χ2n) is 30.9. The van der Waals surface area contributed by atoms with E-state index in [0.29, 0.717) is 84.6 Å². The Labute approximate surface area is 730 Å². The maximum Gasteiger partial charge on any atom is 0.175 e. The van der Waals surface area contributed by atoms with Crippen LogP contribution in [0.1, 0.15) is 158 Å². The highest BCUT2D eigenvalue weighted by molar-refractivity contribution is 8.00. The number of hydrogen-bond donors (Lipinski definition) is 8. The molecule has 1 saturated carbocycles. The lowest BCUT2D eigenvalue weighted by molar-refractivity contribution is 0.525. The van der Waals surface area contributed by atoms with Crippen molar-refractivity contribution < 1.29 is 0 Å². The number of imidazole rings is 4. The molecule has 24 nitrogen and oxygen atoms in total. The summed E-state index contributed by atoms with van der Waals surface area (Å²) in [5.41, 5.74) is 35.5. The van der Waals surface area contributed by atoms with Gasteiger partial charge in [0.2, 0.25) is 0 Å². The van der Waals surface area contributed by atoms with Crippen LogP contribution in [0.25, 0.3) is 68.5 Å². The number of nitrogen functional groups attached to an aromatic ring is 4. The fourth-order valence-electron chi connectivity index (χ4n) is 12.1. The number of benzene rings is 4. The minimum atomic E-state index is 0.101. The summed E-state index contributed by atoms with van der Waals surface area (Å²) in [6.45, 7) is 36.6. The van der Waals surface area contributed by atoms with Crippen molar-refractivity contribution in [3.05, 3.63) is 165 Å². The fraction of sp³-hybridized carbons (Fsp3) is 0.395. The van der Waals surface area contributed by atoms with Crippen LogP contribution in [0.4, 0.5) is 23.3 Å². The van der Waals surface area contributed by atoms with E-state index in [1.165, 1.54) is 43.7 Å². The SMILES string of the molecule is C/C=C(\C)c1cc(Cl)cc(Sc2nc3c(N)ncnc3n2CCCNC(C)C)c1.C/C=C\c1cc(Cl)cc(Sc2nc3c(N)ncnc3n2CCCNC(C)C)c1.CC(C)NCCCn1c(Sc2cc(Cl)cc(/C=C/C(C)(C)C)c2)nc2c(N)ncnc21.CC(C)NCCCn1c(Sc2cc(Cl)cc(/C=C/C3CC3)c2)nc2c(N)ncnc21. The lowest BCUT2D eigenvalue weighted by Crippen LogP contribution is -2.24. The first-order chi connectivity index (χ1) is 56.5. The van der Waals surface area contributed by atoms with Crippen LogP contribution in [-0.4, -0.2) is 128 Å². The van der Waals surface area contributed by atoms with Crippen molar-refractivity contribution >= 4 is 185 Å². The Morgan fingerprint density at radius 1 is 0.424 bits per heavy atom. The molecule has 118 heavy (non-hydrogen) atoms. The second kappa shape index (κ2) is 44.3. The van der Waals surface area contributed by atoms with Crippen molar-refractivity contribution in [3.8, 4) is 0 Å². The number of allylic oxidation sites excluding steroid dienone is 5. The number of hydrogen-bond acceptors (Lipinski definition) is 24. The molecule has 8 heterocycles. The van der Waals surface area contributed by atoms with Crippen LogP contribution in [-0.2, 0) is 26.2 Å². The van der Waals surface area contributed by atoms with E-state index >= 15 is 0 Å². The molecular weight excluding hydrogens is 1640 g/mol. The van der Waals surface area contributed by atoms with Gasteiger partial charge in [0.15, 0.2) is 88.6 Å². The molecule has 4 aromatic carbocycles. The number of aryl methyl sites for hydroxylation is 4. The zero-order valence-corrected chi connectivity index (χ0v) is 76.0. The quantitative estimate of drug-likeness (QED) is 0.0177. The summed E-state index contributed by atoms with van der Waals surface area (Å²) in [7, 11) is 0. The predicted molar refractivity (Wildman–Crippen MR) is 497 cm³/mol. The summed E-state index contributed by atoms with van der Waals surface area (Å²) in [5, 5.41) is 20.0. The van der Waals surface area contributed by atoms with E-state index in [0.717, 1.165) is 174 Å². The van der Waals surface area contributed by atoms with E-state index in [4.69, 9.17) is 89.3 Å². The molecule has 1 fully saturated rings. The van der Waals surface area contributed by atoms with Crippen molar-refractivity contribution in [2.24, 2.45) is 11.3 Å². The van der Waals surface area contributed by atoms with Gasteiger partial charge in [-0.25, -0.2) is 59.8 Å². The topological polar surface area (TPSA) is 327 Å². The third kappa shape index (κ3) is 27.6. The summed E-state index contributed by atoms with van der Waals surface area (Å²) in [5.74, 6) is 2.31. The first-order valence-electron chi connectivity index (χ1n) is 39.9. The van der Waals surface area contributed by atoms with Crippen molar-refractivity contribution in [1.29, 1.82) is 0 Å². The Morgan fingerprint density at radius 2 is 0.720 bits per heavy atom. The first kappa shape index (κ1) is 91.9. The van der Waals surface area contributed by atoms with Crippen LogP contribution in [0.5, 0.6) is 0 Å². The average molecular weight is 1750 g/mol. The number of aromatic nitrogens is 16. The molecular formula is C86H110Cl4N24S4. The number of halogens is 4. The Morgan fingerprint density at radius 3 is 1.01 bits per heavy atom. The van der Waals surface area contributed by atoms with E-state index in [9.17, 15) is 0 Å². The van der Waals surface area contributed by atoms with Gasteiger partial charge in [0.1, 0.15) is 25.3 Å². The number of nitrogens with zero attached hydrogens (tertiary/aromatic N) is 16. The van der Waals surface area contributed by atoms with Crippen LogP contribution in [0.3, 0.4) is 0 Å². The molecule has 12 N–H and O–H groups in total. The van der Waals surface area contributed by atoms with Gasteiger partial charge in [-0.15, -0.1) is 0 Å². The largest absolute Gasteiger partial charge is 0.382 e.